The lowest BCUT2D eigenvalue weighted by Gasteiger charge is -2.28. The predicted molar refractivity (Wildman–Crippen MR) is 79.3 cm³/mol. The maximum atomic E-state index is 4.76. The minimum Gasteiger partial charge on any atom is -0.353 e. The molecular formula is C15H26N4. The molecule has 2 rings (SSSR count). The predicted octanol–water partition coefficient (Wildman–Crippen LogP) is 2.74. The number of anilines is 1. The fourth-order valence-electron chi connectivity index (χ4n) is 2.75. The fourth-order valence-corrected chi connectivity index (χ4v) is 2.75. The van der Waals surface area contributed by atoms with Crippen molar-refractivity contribution in [1.82, 2.24) is 15.3 Å². The molecule has 0 aliphatic heterocycles. The van der Waals surface area contributed by atoms with E-state index in [-0.39, 0.29) is 0 Å². The van der Waals surface area contributed by atoms with Crippen LogP contribution in [-0.4, -0.2) is 28.6 Å². The van der Waals surface area contributed by atoms with Gasteiger partial charge in [0.2, 0.25) is 0 Å². The largest absolute Gasteiger partial charge is 0.353 e. The van der Waals surface area contributed by atoms with Gasteiger partial charge in [-0.1, -0.05) is 26.7 Å². The van der Waals surface area contributed by atoms with Gasteiger partial charge in [-0.15, -0.1) is 0 Å². The van der Waals surface area contributed by atoms with Gasteiger partial charge in [0, 0.05) is 31.4 Å². The molecule has 1 N–H and O–H groups in total. The Kier molecular flexibility index (Phi) is 5.14. The van der Waals surface area contributed by atoms with Gasteiger partial charge < -0.3 is 10.2 Å². The Bertz CT molecular complexity index is 385. The molecule has 0 bridgehead atoms. The summed E-state index contributed by atoms with van der Waals surface area (Å²) in [6, 6.07) is 1.13. The highest BCUT2D eigenvalue weighted by molar-refractivity contribution is 5.38. The molecule has 0 saturated heterocycles. The van der Waals surface area contributed by atoms with E-state index in [0.29, 0.717) is 12.1 Å². The van der Waals surface area contributed by atoms with Gasteiger partial charge in [0.15, 0.2) is 0 Å². The van der Waals surface area contributed by atoms with E-state index >= 15 is 0 Å². The number of aromatic nitrogens is 2. The van der Waals surface area contributed by atoms with Gasteiger partial charge in [0.05, 0.1) is 11.9 Å². The zero-order chi connectivity index (χ0) is 13.7. The van der Waals surface area contributed by atoms with E-state index in [9.17, 15) is 0 Å². The van der Waals surface area contributed by atoms with E-state index in [0.717, 1.165) is 24.6 Å². The average molecular weight is 262 g/mol. The van der Waals surface area contributed by atoms with Crippen LogP contribution in [0.3, 0.4) is 0 Å². The van der Waals surface area contributed by atoms with E-state index < -0.39 is 0 Å². The van der Waals surface area contributed by atoms with Gasteiger partial charge in [-0.05, 0) is 19.8 Å². The van der Waals surface area contributed by atoms with Gasteiger partial charge in [0.1, 0.15) is 5.82 Å². The summed E-state index contributed by atoms with van der Waals surface area (Å²) in [5.74, 6) is 1.04. The molecule has 1 aliphatic carbocycles. The first kappa shape index (κ1) is 14.3. The number of hydrogen-bond donors (Lipinski definition) is 1. The van der Waals surface area contributed by atoms with Gasteiger partial charge >= 0.3 is 0 Å². The van der Waals surface area contributed by atoms with Crippen molar-refractivity contribution in [3.05, 3.63) is 18.1 Å². The first-order valence-electron chi connectivity index (χ1n) is 7.51. The zero-order valence-electron chi connectivity index (χ0n) is 12.4. The summed E-state index contributed by atoms with van der Waals surface area (Å²) >= 11 is 0. The molecule has 1 fully saturated rings. The average Bonchev–Trinajstić information content (AvgIpc) is 2.92. The minimum absolute atomic E-state index is 0.475. The molecule has 4 heteroatoms. The lowest BCUT2D eigenvalue weighted by Crippen LogP contribution is -2.34. The molecule has 1 aliphatic rings. The van der Waals surface area contributed by atoms with Crippen molar-refractivity contribution < 1.29 is 0 Å². The van der Waals surface area contributed by atoms with E-state index in [1.165, 1.54) is 25.7 Å². The normalized spacial score (nSPS) is 16.2. The Morgan fingerprint density at radius 2 is 2.05 bits per heavy atom. The second-order valence-corrected chi connectivity index (χ2v) is 5.63. The van der Waals surface area contributed by atoms with Gasteiger partial charge in [-0.3, -0.25) is 4.98 Å². The van der Waals surface area contributed by atoms with E-state index in [1.54, 1.807) is 0 Å². The molecule has 0 spiro atoms. The molecule has 1 aromatic rings. The highest BCUT2D eigenvalue weighted by Crippen LogP contribution is 2.26. The first-order valence-corrected chi connectivity index (χ1v) is 7.51. The van der Waals surface area contributed by atoms with Gasteiger partial charge in [0.25, 0.3) is 0 Å². The number of nitrogens with zero attached hydrogens (tertiary/aromatic N) is 3. The Hall–Kier alpha value is -1.16. The molecule has 0 unspecified atom stereocenters. The maximum absolute atomic E-state index is 4.76. The van der Waals surface area contributed by atoms with Gasteiger partial charge in [-0.2, -0.15) is 0 Å². The minimum atomic E-state index is 0.475. The third kappa shape index (κ3) is 3.90. The van der Waals surface area contributed by atoms with Crippen LogP contribution in [0, 0.1) is 0 Å². The summed E-state index contributed by atoms with van der Waals surface area (Å²) in [4.78, 5) is 11.5. The third-order valence-corrected chi connectivity index (χ3v) is 3.76. The number of nitrogens with one attached hydrogen (secondary N) is 1. The maximum Gasteiger partial charge on any atom is 0.147 e. The van der Waals surface area contributed by atoms with Crippen LogP contribution in [-0.2, 0) is 6.54 Å². The summed E-state index contributed by atoms with van der Waals surface area (Å²) in [6.45, 7) is 8.31. The van der Waals surface area contributed by atoms with Crippen molar-refractivity contribution in [1.29, 1.82) is 0 Å². The standard InChI is InChI=1S/C15H26N4/c1-4-19(14-7-5-6-8-14)15-11-16-9-13(18-15)10-17-12(2)3/h9,11-12,14,17H,4-8,10H2,1-3H3. The quantitative estimate of drug-likeness (QED) is 0.856. The van der Waals surface area contributed by atoms with Crippen LogP contribution in [0.2, 0.25) is 0 Å². The molecule has 0 radical (unpaired) electrons. The molecule has 0 amide bonds. The van der Waals surface area contributed by atoms with Crippen LogP contribution in [0.4, 0.5) is 5.82 Å². The highest BCUT2D eigenvalue weighted by Gasteiger charge is 2.22. The van der Waals surface area contributed by atoms with Gasteiger partial charge in [-0.25, -0.2) is 4.98 Å². The summed E-state index contributed by atoms with van der Waals surface area (Å²) in [5.41, 5.74) is 1.03. The summed E-state index contributed by atoms with van der Waals surface area (Å²) in [7, 11) is 0. The monoisotopic (exact) mass is 262 g/mol. The Morgan fingerprint density at radius 1 is 1.32 bits per heavy atom. The fraction of sp³-hybridized carbons (Fsp3) is 0.733. The van der Waals surface area contributed by atoms with Crippen LogP contribution >= 0.6 is 0 Å². The molecule has 1 aromatic heterocycles. The molecule has 1 saturated carbocycles. The Labute approximate surface area is 116 Å². The molecule has 0 aromatic carbocycles. The molecule has 19 heavy (non-hydrogen) atoms. The first-order chi connectivity index (χ1) is 9.20. The second kappa shape index (κ2) is 6.85. The van der Waals surface area contributed by atoms with Crippen molar-refractivity contribution in [3.63, 3.8) is 0 Å². The Morgan fingerprint density at radius 3 is 2.68 bits per heavy atom. The molecular weight excluding hydrogens is 236 g/mol. The summed E-state index contributed by atoms with van der Waals surface area (Å²) < 4.78 is 0. The molecule has 106 valence electrons. The Balaban J connectivity index is 2.07. The van der Waals surface area contributed by atoms with Crippen LogP contribution in [0.1, 0.15) is 52.1 Å². The van der Waals surface area contributed by atoms with E-state index in [2.05, 4.69) is 36.0 Å². The number of rotatable bonds is 6. The van der Waals surface area contributed by atoms with Crippen LogP contribution < -0.4 is 10.2 Å². The summed E-state index contributed by atoms with van der Waals surface area (Å²) in [5, 5.41) is 3.39. The summed E-state index contributed by atoms with van der Waals surface area (Å²) in [6.07, 6.45) is 9.06. The molecule has 0 atom stereocenters. The van der Waals surface area contributed by atoms with Crippen molar-refractivity contribution in [2.24, 2.45) is 0 Å². The zero-order valence-corrected chi connectivity index (χ0v) is 12.4. The van der Waals surface area contributed by atoms with Crippen LogP contribution in [0.5, 0.6) is 0 Å². The van der Waals surface area contributed by atoms with Crippen molar-refractivity contribution in [2.45, 2.75) is 65.1 Å². The molecule has 4 nitrogen and oxygen atoms in total. The van der Waals surface area contributed by atoms with Crippen LogP contribution in [0.25, 0.3) is 0 Å². The molecule has 1 heterocycles. The third-order valence-electron chi connectivity index (χ3n) is 3.76. The van der Waals surface area contributed by atoms with Crippen molar-refractivity contribution in [2.75, 3.05) is 11.4 Å². The van der Waals surface area contributed by atoms with E-state index in [4.69, 9.17) is 4.98 Å². The lowest BCUT2D eigenvalue weighted by molar-refractivity contribution is 0.575. The SMILES string of the molecule is CCN(c1cncc(CNC(C)C)n1)C1CCCC1. The highest BCUT2D eigenvalue weighted by atomic mass is 15.2. The van der Waals surface area contributed by atoms with E-state index in [1.807, 2.05) is 12.4 Å². The van der Waals surface area contributed by atoms with Crippen molar-refractivity contribution >= 4 is 5.82 Å². The topological polar surface area (TPSA) is 41.1 Å². The number of hydrogen-bond acceptors (Lipinski definition) is 4. The van der Waals surface area contributed by atoms with Crippen LogP contribution in [0.15, 0.2) is 12.4 Å². The smallest absolute Gasteiger partial charge is 0.147 e. The van der Waals surface area contributed by atoms with Crippen molar-refractivity contribution in [3.8, 4) is 0 Å². The second-order valence-electron chi connectivity index (χ2n) is 5.63. The lowest BCUT2D eigenvalue weighted by atomic mass is 10.2.